The third-order valence-corrected chi connectivity index (χ3v) is 6.26. The fourth-order valence-corrected chi connectivity index (χ4v) is 4.39. The number of hydrogen-bond donors (Lipinski definition) is 1. The van der Waals surface area contributed by atoms with E-state index in [4.69, 9.17) is 9.47 Å². The van der Waals surface area contributed by atoms with E-state index in [2.05, 4.69) is 81.4 Å². The second kappa shape index (κ2) is 10.8. The largest absolute Gasteiger partial charge is 0.491 e. The molecule has 4 nitrogen and oxygen atoms in total. The summed E-state index contributed by atoms with van der Waals surface area (Å²) in [4.78, 5) is 2.48. The van der Waals surface area contributed by atoms with E-state index in [-0.39, 0.29) is 6.04 Å². The predicted octanol–water partition coefficient (Wildman–Crippen LogP) is 4.82. The number of nitrogens with one attached hydrogen (secondary N) is 1. The number of nitrogens with zero attached hydrogens (tertiary/aromatic N) is 1. The molecule has 3 rings (SSSR count). The summed E-state index contributed by atoms with van der Waals surface area (Å²) in [6.45, 7) is 11.8. The van der Waals surface area contributed by atoms with Gasteiger partial charge >= 0.3 is 0 Å². The molecule has 1 fully saturated rings. The van der Waals surface area contributed by atoms with Crippen LogP contribution in [0.1, 0.15) is 41.5 Å². The molecule has 0 aliphatic carbocycles. The molecule has 0 bridgehead atoms. The lowest BCUT2D eigenvalue weighted by molar-refractivity contribution is 0.189. The van der Waals surface area contributed by atoms with Crippen LogP contribution in [0.5, 0.6) is 11.5 Å². The van der Waals surface area contributed by atoms with Gasteiger partial charge in [0.2, 0.25) is 0 Å². The summed E-state index contributed by atoms with van der Waals surface area (Å²) in [7, 11) is 2.24. The standard InChI is InChI=1S/C26H38N2O2/c1-19-9-6-10-20(2)25(19)29-17-23(27-15-14-24-13-8-16-28(24)5)18-30-26-21(3)11-7-12-22(26)4/h6-7,9-12,23-24,27H,8,13-18H2,1-5H3. The van der Waals surface area contributed by atoms with Crippen molar-refractivity contribution in [1.29, 1.82) is 0 Å². The molecule has 30 heavy (non-hydrogen) atoms. The van der Waals surface area contributed by atoms with Crippen molar-refractivity contribution >= 4 is 0 Å². The van der Waals surface area contributed by atoms with Gasteiger partial charge in [-0.2, -0.15) is 0 Å². The summed E-state index contributed by atoms with van der Waals surface area (Å²) in [5, 5.41) is 3.71. The molecule has 1 aliphatic rings. The fourth-order valence-electron chi connectivity index (χ4n) is 4.39. The Balaban J connectivity index is 1.61. The van der Waals surface area contributed by atoms with Gasteiger partial charge in [0.1, 0.15) is 24.7 Å². The molecule has 0 radical (unpaired) electrons. The Hall–Kier alpha value is -2.04. The molecular weight excluding hydrogens is 372 g/mol. The average Bonchev–Trinajstić information content (AvgIpc) is 3.11. The molecule has 1 atom stereocenters. The van der Waals surface area contributed by atoms with Gasteiger partial charge in [-0.3, -0.25) is 0 Å². The van der Waals surface area contributed by atoms with Gasteiger partial charge in [-0.25, -0.2) is 0 Å². The number of hydrogen-bond acceptors (Lipinski definition) is 4. The minimum absolute atomic E-state index is 0.134. The van der Waals surface area contributed by atoms with Crippen molar-refractivity contribution in [3.63, 3.8) is 0 Å². The highest BCUT2D eigenvalue weighted by Crippen LogP contribution is 2.24. The van der Waals surface area contributed by atoms with Crippen molar-refractivity contribution in [3.05, 3.63) is 58.7 Å². The molecule has 0 saturated carbocycles. The highest BCUT2D eigenvalue weighted by Gasteiger charge is 2.21. The maximum Gasteiger partial charge on any atom is 0.125 e. The lowest BCUT2D eigenvalue weighted by Gasteiger charge is -2.24. The zero-order chi connectivity index (χ0) is 21.5. The Kier molecular flexibility index (Phi) is 8.17. The number of likely N-dealkylation sites (tertiary alicyclic amines) is 1. The monoisotopic (exact) mass is 410 g/mol. The number of para-hydroxylation sites is 2. The highest BCUT2D eigenvalue weighted by molar-refractivity contribution is 5.40. The third-order valence-electron chi connectivity index (χ3n) is 6.26. The first-order valence-corrected chi connectivity index (χ1v) is 11.3. The highest BCUT2D eigenvalue weighted by atomic mass is 16.5. The van der Waals surface area contributed by atoms with E-state index in [1.165, 1.54) is 48.1 Å². The van der Waals surface area contributed by atoms with E-state index in [1.54, 1.807) is 0 Å². The van der Waals surface area contributed by atoms with Gasteiger partial charge in [-0.05, 0) is 89.3 Å². The Morgan fingerprint density at radius 2 is 1.40 bits per heavy atom. The minimum atomic E-state index is 0.134. The van der Waals surface area contributed by atoms with E-state index in [9.17, 15) is 0 Å². The Morgan fingerprint density at radius 1 is 0.900 bits per heavy atom. The summed E-state index contributed by atoms with van der Waals surface area (Å²) in [6, 6.07) is 13.4. The summed E-state index contributed by atoms with van der Waals surface area (Å²) >= 11 is 0. The van der Waals surface area contributed by atoms with E-state index in [0.29, 0.717) is 19.3 Å². The summed E-state index contributed by atoms with van der Waals surface area (Å²) in [5.41, 5.74) is 4.71. The molecular formula is C26H38N2O2. The fraction of sp³-hybridized carbons (Fsp3) is 0.538. The third kappa shape index (κ3) is 5.99. The van der Waals surface area contributed by atoms with Gasteiger partial charge in [-0.15, -0.1) is 0 Å². The normalized spacial score (nSPS) is 16.9. The second-order valence-electron chi connectivity index (χ2n) is 8.78. The van der Waals surface area contributed by atoms with Crippen LogP contribution in [0.3, 0.4) is 0 Å². The van der Waals surface area contributed by atoms with Gasteiger partial charge in [-0.1, -0.05) is 36.4 Å². The van der Waals surface area contributed by atoms with E-state index >= 15 is 0 Å². The first kappa shape index (κ1) is 22.6. The molecule has 2 aromatic rings. The lowest BCUT2D eigenvalue weighted by atomic mass is 10.1. The predicted molar refractivity (Wildman–Crippen MR) is 125 cm³/mol. The van der Waals surface area contributed by atoms with Crippen LogP contribution in [0.15, 0.2) is 36.4 Å². The van der Waals surface area contributed by atoms with Crippen molar-refractivity contribution < 1.29 is 9.47 Å². The number of benzene rings is 2. The number of aryl methyl sites for hydroxylation is 4. The SMILES string of the molecule is Cc1cccc(C)c1OCC(COc1c(C)cccc1C)NCCC1CCCN1C. The van der Waals surface area contributed by atoms with Crippen molar-refractivity contribution in [2.45, 2.75) is 59.0 Å². The van der Waals surface area contributed by atoms with Crippen LogP contribution < -0.4 is 14.8 Å². The summed E-state index contributed by atoms with van der Waals surface area (Å²) in [5.74, 6) is 1.98. The van der Waals surface area contributed by atoms with E-state index < -0.39 is 0 Å². The smallest absolute Gasteiger partial charge is 0.125 e. The Morgan fingerprint density at radius 3 is 1.83 bits per heavy atom. The average molecular weight is 411 g/mol. The quantitative estimate of drug-likeness (QED) is 0.609. The van der Waals surface area contributed by atoms with Crippen LogP contribution in [0.4, 0.5) is 0 Å². The van der Waals surface area contributed by atoms with Crippen LogP contribution in [0.2, 0.25) is 0 Å². The van der Waals surface area contributed by atoms with E-state index in [1.807, 2.05) is 0 Å². The Labute approximate surface area is 182 Å². The zero-order valence-corrected chi connectivity index (χ0v) is 19.3. The molecule has 1 saturated heterocycles. The van der Waals surface area contributed by atoms with Crippen LogP contribution in [0, 0.1) is 27.7 Å². The molecule has 1 unspecified atom stereocenters. The minimum Gasteiger partial charge on any atom is -0.491 e. The van der Waals surface area contributed by atoms with Crippen molar-refractivity contribution in [2.75, 3.05) is 33.4 Å². The van der Waals surface area contributed by atoms with Gasteiger partial charge in [0.25, 0.3) is 0 Å². The first-order chi connectivity index (χ1) is 14.5. The van der Waals surface area contributed by atoms with Crippen molar-refractivity contribution in [2.24, 2.45) is 0 Å². The van der Waals surface area contributed by atoms with Crippen molar-refractivity contribution in [1.82, 2.24) is 10.2 Å². The number of ether oxygens (including phenoxy) is 2. The molecule has 0 spiro atoms. The van der Waals surface area contributed by atoms with Gasteiger partial charge < -0.3 is 19.7 Å². The molecule has 1 aliphatic heterocycles. The van der Waals surface area contributed by atoms with Gasteiger partial charge in [0, 0.05) is 6.04 Å². The second-order valence-corrected chi connectivity index (χ2v) is 8.78. The first-order valence-electron chi connectivity index (χ1n) is 11.3. The van der Waals surface area contributed by atoms with Gasteiger partial charge in [0.15, 0.2) is 0 Å². The van der Waals surface area contributed by atoms with E-state index in [0.717, 1.165) is 18.0 Å². The zero-order valence-electron chi connectivity index (χ0n) is 19.3. The molecule has 2 aromatic carbocycles. The molecule has 1 heterocycles. The topological polar surface area (TPSA) is 33.7 Å². The molecule has 0 amide bonds. The van der Waals surface area contributed by atoms with Crippen molar-refractivity contribution in [3.8, 4) is 11.5 Å². The molecule has 0 aromatic heterocycles. The maximum absolute atomic E-state index is 6.27. The number of rotatable bonds is 10. The molecule has 4 heteroatoms. The summed E-state index contributed by atoms with van der Waals surface area (Å²) in [6.07, 6.45) is 3.79. The maximum atomic E-state index is 6.27. The van der Waals surface area contributed by atoms with Gasteiger partial charge in [0.05, 0.1) is 6.04 Å². The molecule has 1 N–H and O–H groups in total. The summed E-state index contributed by atoms with van der Waals surface area (Å²) < 4.78 is 12.5. The van der Waals surface area contributed by atoms with Crippen LogP contribution >= 0.6 is 0 Å². The molecule has 164 valence electrons. The van der Waals surface area contributed by atoms with Crippen LogP contribution in [-0.2, 0) is 0 Å². The van der Waals surface area contributed by atoms with Crippen LogP contribution in [0.25, 0.3) is 0 Å². The van der Waals surface area contributed by atoms with Crippen LogP contribution in [-0.4, -0.2) is 50.3 Å². The lowest BCUT2D eigenvalue weighted by Crippen LogP contribution is -2.42. The Bertz CT molecular complexity index is 725.